The molecule has 0 radical (unpaired) electrons. The molecule has 0 unspecified atom stereocenters. The fourth-order valence-electron chi connectivity index (χ4n) is 1.42. The third-order valence-electron chi connectivity index (χ3n) is 2.18. The molecule has 0 aliphatic carbocycles. The van der Waals surface area contributed by atoms with E-state index < -0.39 is 5.97 Å². The van der Waals surface area contributed by atoms with Gasteiger partial charge in [-0.3, -0.25) is 0 Å². The zero-order chi connectivity index (χ0) is 11.7. The lowest BCUT2D eigenvalue weighted by atomic mass is 10.2. The van der Waals surface area contributed by atoms with Gasteiger partial charge in [0.15, 0.2) is 17.2 Å². The number of aromatic nitrogens is 1. The summed E-state index contributed by atoms with van der Waals surface area (Å²) in [4.78, 5) is 10.9. The predicted octanol–water partition coefficient (Wildman–Crippen LogP) is 2.01. The summed E-state index contributed by atoms with van der Waals surface area (Å²) >= 11 is 1.12. The minimum atomic E-state index is -1.04. The molecule has 2 aromatic rings. The number of carboxylic acids is 1. The van der Waals surface area contributed by atoms with Crippen molar-refractivity contribution in [3.8, 4) is 11.5 Å². The lowest BCUT2D eigenvalue weighted by Crippen LogP contribution is -1.97. The number of carboxylic acid groups (broad SMARTS) is 1. The van der Waals surface area contributed by atoms with E-state index >= 15 is 0 Å². The molecular weight excluding hydrogens is 230 g/mol. The summed E-state index contributed by atoms with van der Waals surface area (Å²) in [6.45, 7) is 0. The molecular formula is C10H9NO4S. The van der Waals surface area contributed by atoms with Crippen molar-refractivity contribution in [2.75, 3.05) is 14.2 Å². The van der Waals surface area contributed by atoms with Crippen LogP contribution in [0.5, 0.6) is 11.5 Å². The van der Waals surface area contributed by atoms with E-state index in [4.69, 9.17) is 14.6 Å². The normalized spacial score (nSPS) is 10.4. The molecule has 1 aromatic heterocycles. The summed E-state index contributed by atoms with van der Waals surface area (Å²) in [7, 11) is 3.03. The Morgan fingerprint density at radius 2 is 1.94 bits per heavy atom. The van der Waals surface area contributed by atoms with E-state index in [0.29, 0.717) is 16.9 Å². The van der Waals surface area contributed by atoms with Crippen LogP contribution >= 0.6 is 11.5 Å². The molecule has 0 atom stereocenters. The van der Waals surface area contributed by atoms with Crippen LogP contribution in [0.3, 0.4) is 0 Å². The van der Waals surface area contributed by atoms with Gasteiger partial charge in [0.05, 0.1) is 18.9 Å². The first-order valence-electron chi connectivity index (χ1n) is 4.42. The largest absolute Gasteiger partial charge is 0.493 e. The number of hydrogen-bond acceptors (Lipinski definition) is 5. The monoisotopic (exact) mass is 239 g/mol. The highest BCUT2D eigenvalue weighted by Gasteiger charge is 2.16. The lowest BCUT2D eigenvalue weighted by Gasteiger charge is -2.06. The second-order valence-electron chi connectivity index (χ2n) is 3.04. The molecule has 0 amide bonds. The summed E-state index contributed by atoms with van der Waals surface area (Å²) < 4.78 is 14.9. The molecule has 0 spiro atoms. The van der Waals surface area contributed by atoms with Gasteiger partial charge in [-0.05, 0) is 17.6 Å². The van der Waals surface area contributed by atoms with E-state index in [2.05, 4.69) is 4.37 Å². The number of methoxy groups -OCH3 is 2. The third kappa shape index (κ3) is 1.57. The number of ether oxygens (including phenoxy) is 2. The van der Waals surface area contributed by atoms with Crippen molar-refractivity contribution in [2.24, 2.45) is 0 Å². The van der Waals surface area contributed by atoms with Crippen LogP contribution in [0, 0.1) is 0 Å². The van der Waals surface area contributed by atoms with E-state index in [1.54, 1.807) is 12.1 Å². The Bertz CT molecular complexity index is 549. The molecule has 2 rings (SSSR count). The molecule has 0 fully saturated rings. The van der Waals surface area contributed by atoms with Crippen LogP contribution < -0.4 is 9.47 Å². The maximum Gasteiger partial charge on any atom is 0.356 e. The summed E-state index contributed by atoms with van der Waals surface area (Å²) in [6.07, 6.45) is 0. The van der Waals surface area contributed by atoms with Crippen molar-refractivity contribution < 1.29 is 19.4 Å². The first kappa shape index (κ1) is 10.7. The average Bonchev–Trinajstić information content (AvgIpc) is 2.69. The van der Waals surface area contributed by atoms with E-state index in [1.807, 2.05) is 0 Å². The molecule has 1 aromatic carbocycles. The summed E-state index contributed by atoms with van der Waals surface area (Å²) in [5.41, 5.74) is 0.0425. The summed E-state index contributed by atoms with van der Waals surface area (Å²) in [6, 6.07) is 3.35. The minimum Gasteiger partial charge on any atom is -0.493 e. The van der Waals surface area contributed by atoms with Gasteiger partial charge >= 0.3 is 5.97 Å². The lowest BCUT2D eigenvalue weighted by molar-refractivity contribution is 0.0694. The molecule has 6 heteroatoms. The fraction of sp³-hybridized carbons (Fsp3) is 0.200. The number of rotatable bonds is 3. The topological polar surface area (TPSA) is 68.7 Å². The molecule has 16 heavy (non-hydrogen) atoms. The van der Waals surface area contributed by atoms with Crippen molar-refractivity contribution in [1.29, 1.82) is 0 Å². The first-order chi connectivity index (χ1) is 7.67. The number of aromatic carboxylic acids is 1. The Labute approximate surface area is 95.4 Å². The van der Waals surface area contributed by atoms with Crippen molar-refractivity contribution >= 4 is 27.6 Å². The van der Waals surface area contributed by atoms with Crippen molar-refractivity contribution in [3.63, 3.8) is 0 Å². The average molecular weight is 239 g/mol. The van der Waals surface area contributed by atoms with Gasteiger partial charge in [0, 0.05) is 11.5 Å². The zero-order valence-electron chi connectivity index (χ0n) is 8.68. The second kappa shape index (κ2) is 3.97. The first-order valence-corrected chi connectivity index (χ1v) is 5.19. The van der Waals surface area contributed by atoms with Crippen LogP contribution in [0.1, 0.15) is 10.5 Å². The van der Waals surface area contributed by atoms with Crippen molar-refractivity contribution in [2.45, 2.75) is 0 Å². The van der Waals surface area contributed by atoms with Gasteiger partial charge in [-0.1, -0.05) is 0 Å². The Morgan fingerprint density at radius 1 is 1.31 bits per heavy atom. The van der Waals surface area contributed by atoms with Gasteiger partial charge in [-0.15, -0.1) is 0 Å². The SMILES string of the molecule is COc1cc2snc(C(=O)O)c2cc1OC. The van der Waals surface area contributed by atoms with E-state index in [0.717, 1.165) is 16.2 Å². The van der Waals surface area contributed by atoms with Crippen molar-refractivity contribution in [3.05, 3.63) is 17.8 Å². The summed E-state index contributed by atoms with van der Waals surface area (Å²) in [5, 5.41) is 9.50. The maximum absolute atomic E-state index is 10.9. The number of hydrogen-bond donors (Lipinski definition) is 1. The number of fused-ring (bicyclic) bond motifs is 1. The molecule has 1 heterocycles. The van der Waals surface area contributed by atoms with E-state index in [-0.39, 0.29) is 5.69 Å². The van der Waals surface area contributed by atoms with Crippen molar-refractivity contribution in [1.82, 2.24) is 4.37 Å². The number of benzene rings is 1. The van der Waals surface area contributed by atoms with Crippen LogP contribution in [0.15, 0.2) is 12.1 Å². The molecule has 0 bridgehead atoms. The maximum atomic E-state index is 10.9. The highest BCUT2D eigenvalue weighted by atomic mass is 32.1. The second-order valence-corrected chi connectivity index (χ2v) is 3.84. The van der Waals surface area contributed by atoms with Gasteiger partial charge < -0.3 is 14.6 Å². The van der Waals surface area contributed by atoms with Crippen LogP contribution in [0.4, 0.5) is 0 Å². The quantitative estimate of drug-likeness (QED) is 0.887. The predicted molar refractivity (Wildman–Crippen MR) is 59.7 cm³/mol. The number of carbonyl (C=O) groups is 1. The highest BCUT2D eigenvalue weighted by Crippen LogP contribution is 2.35. The molecule has 0 saturated heterocycles. The minimum absolute atomic E-state index is 0.0425. The highest BCUT2D eigenvalue weighted by molar-refractivity contribution is 7.13. The molecule has 0 aliphatic rings. The van der Waals surface area contributed by atoms with Crippen LogP contribution in [0.25, 0.3) is 10.1 Å². The zero-order valence-corrected chi connectivity index (χ0v) is 9.50. The van der Waals surface area contributed by atoms with Crippen LogP contribution in [-0.2, 0) is 0 Å². The molecule has 84 valence electrons. The molecule has 0 saturated carbocycles. The van der Waals surface area contributed by atoms with Crippen LogP contribution in [-0.4, -0.2) is 29.7 Å². The number of nitrogens with zero attached hydrogens (tertiary/aromatic N) is 1. The molecule has 1 N–H and O–H groups in total. The van der Waals surface area contributed by atoms with Gasteiger partial charge in [0.1, 0.15) is 0 Å². The van der Waals surface area contributed by atoms with Gasteiger partial charge in [-0.2, -0.15) is 4.37 Å². The smallest absolute Gasteiger partial charge is 0.356 e. The third-order valence-corrected chi connectivity index (χ3v) is 2.99. The Balaban J connectivity index is 2.71. The summed E-state index contributed by atoms with van der Waals surface area (Å²) in [5.74, 6) is 0.0201. The molecule has 5 nitrogen and oxygen atoms in total. The van der Waals surface area contributed by atoms with Gasteiger partial charge in [0.25, 0.3) is 0 Å². The van der Waals surface area contributed by atoms with E-state index in [9.17, 15) is 4.79 Å². The Hall–Kier alpha value is -1.82. The molecule has 0 aliphatic heterocycles. The standard InChI is InChI=1S/C10H9NO4S/c1-14-6-3-5-8(4-7(6)15-2)16-11-9(5)10(12)13/h3-4H,1-2H3,(H,12,13). The van der Waals surface area contributed by atoms with Gasteiger partial charge in [0.2, 0.25) is 0 Å². The van der Waals surface area contributed by atoms with Gasteiger partial charge in [-0.25, -0.2) is 4.79 Å². The Morgan fingerprint density at radius 3 is 2.50 bits per heavy atom. The van der Waals surface area contributed by atoms with Crippen LogP contribution in [0.2, 0.25) is 0 Å². The Kier molecular flexibility index (Phi) is 2.66. The fourth-order valence-corrected chi connectivity index (χ4v) is 2.20. The van der Waals surface area contributed by atoms with E-state index in [1.165, 1.54) is 14.2 Å².